The first-order chi connectivity index (χ1) is 25.4. The van der Waals surface area contributed by atoms with E-state index in [0.717, 1.165) is 61.8 Å². The van der Waals surface area contributed by atoms with Crippen molar-refractivity contribution in [3.05, 3.63) is 132 Å². The largest absolute Gasteiger partial charge is 0.457 e. The van der Waals surface area contributed by atoms with E-state index in [1.165, 1.54) is 42.8 Å². The molecule has 0 bridgehead atoms. The van der Waals surface area contributed by atoms with Crippen molar-refractivity contribution in [2.24, 2.45) is 5.41 Å². The van der Waals surface area contributed by atoms with E-state index >= 15 is 0 Å². The number of ether oxygens (including phenoxy) is 1. The molecular weight excluding hydrogens is 669 g/mol. The molecule has 53 heavy (non-hydrogen) atoms. The predicted molar refractivity (Wildman–Crippen MR) is 223 cm³/mol. The van der Waals surface area contributed by atoms with Crippen molar-refractivity contribution < 1.29 is 4.74 Å². The summed E-state index contributed by atoms with van der Waals surface area (Å²) in [5, 5.41) is 16.7. The van der Waals surface area contributed by atoms with Crippen LogP contribution in [0.3, 0.4) is 0 Å². The lowest BCUT2D eigenvalue weighted by atomic mass is 9.87. The van der Waals surface area contributed by atoms with Crippen molar-refractivity contribution in [1.82, 2.24) is 19.7 Å². The summed E-state index contributed by atoms with van der Waals surface area (Å²) in [6.07, 6.45) is 2.96. The first-order valence-electron chi connectivity index (χ1n) is 18.3. The Balaban J connectivity index is 1.12. The van der Waals surface area contributed by atoms with Crippen molar-refractivity contribution in [1.29, 1.82) is 0 Å². The molecule has 4 aromatic heterocycles. The highest BCUT2D eigenvalue weighted by Crippen LogP contribution is 2.44. The molecule has 0 aliphatic carbocycles. The third-order valence-electron chi connectivity index (χ3n) is 10.2. The first kappa shape index (κ1) is 33.3. The van der Waals surface area contributed by atoms with E-state index in [-0.39, 0.29) is 10.8 Å². The second-order valence-electron chi connectivity index (χ2n) is 16.5. The van der Waals surface area contributed by atoms with Crippen LogP contribution in [-0.4, -0.2) is 19.7 Å². The summed E-state index contributed by atoms with van der Waals surface area (Å²) in [5.74, 6) is 2.39. The summed E-state index contributed by atoms with van der Waals surface area (Å²) in [6.45, 7) is 15.6. The van der Waals surface area contributed by atoms with Gasteiger partial charge in [-0.2, -0.15) is 5.10 Å². The van der Waals surface area contributed by atoms with Crippen molar-refractivity contribution >= 4 is 64.1 Å². The highest BCUT2D eigenvalue weighted by molar-refractivity contribution is 7.27. The van der Waals surface area contributed by atoms with Gasteiger partial charge in [0.25, 0.3) is 0 Å². The second kappa shape index (κ2) is 12.2. The maximum atomic E-state index is 6.63. The van der Waals surface area contributed by atoms with Crippen LogP contribution in [0.25, 0.3) is 69.8 Å². The Bertz CT molecular complexity index is 2880. The smallest absolute Gasteiger partial charge is 0.137 e. The zero-order chi connectivity index (χ0) is 36.6. The zero-order valence-corrected chi connectivity index (χ0v) is 32.1. The monoisotopic (exact) mass is 710 g/mol. The average Bonchev–Trinajstić information content (AvgIpc) is 3.68. The van der Waals surface area contributed by atoms with Crippen molar-refractivity contribution in [3.63, 3.8) is 0 Å². The fourth-order valence-electron chi connectivity index (χ4n) is 7.70. The first-order valence-corrected chi connectivity index (χ1v) is 19.1. The molecule has 0 unspecified atom stereocenters. The minimum atomic E-state index is 0.00273. The molecule has 9 aromatic rings. The van der Waals surface area contributed by atoms with E-state index in [2.05, 4.69) is 155 Å². The van der Waals surface area contributed by atoms with Crippen LogP contribution in [-0.2, 0) is 11.8 Å². The van der Waals surface area contributed by atoms with Crippen LogP contribution < -0.4 is 4.74 Å². The van der Waals surface area contributed by atoms with Gasteiger partial charge in [0, 0.05) is 44.1 Å². The van der Waals surface area contributed by atoms with Crippen molar-refractivity contribution in [2.45, 2.75) is 60.3 Å². The SMILES string of the molecule is Cc1nnc(-c2cccc(Oc3ccc4c5ccccc5n(-c5cc(C(C)(C)C)ccn5)c4c3)c2)c2sc3c4ccc(CC(C)(C)C)cc4ccc3c12. The highest BCUT2D eigenvalue weighted by Gasteiger charge is 2.20. The topological polar surface area (TPSA) is 52.8 Å². The van der Waals surface area contributed by atoms with Crippen LogP contribution >= 0.6 is 11.3 Å². The summed E-state index contributed by atoms with van der Waals surface area (Å²) in [5.41, 5.74) is 7.80. The van der Waals surface area contributed by atoms with Gasteiger partial charge in [-0.25, -0.2) is 4.98 Å². The van der Waals surface area contributed by atoms with Crippen LogP contribution in [0.2, 0.25) is 0 Å². The lowest BCUT2D eigenvalue weighted by Gasteiger charge is -2.20. The molecule has 0 fully saturated rings. The third-order valence-corrected chi connectivity index (χ3v) is 11.4. The molecule has 0 radical (unpaired) electrons. The molecule has 0 N–H and O–H groups in total. The molecule has 0 atom stereocenters. The van der Waals surface area contributed by atoms with Crippen LogP contribution in [0.5, 0.6) is 11.5 Å². The van der Waals surface area contributed by atoms with Crippen LogP contribution in [0.4, 0.5) is 0 Å². The number of aryl methyl sites for hydroxylation is 1. The van der Waals surface area contributed by atoms with Crippen LogP contribution in [0.15, 0.2) is 115 Å². The Morgan fingerprint density at radius 3 is 2.26 bits per heavy atom. The van der Waals surface area contributed by atoms with E-state index in [0.29, 0.717) is 0 Å². The van der Waals surface area contributed by atoms with Gasteiger partial charge in [-0.1, -0.05) is 102 Å². The highest BCUT2D eigenvalue weighted by atomic mass is 32.1. The van der Waals surface area contributed by atoms with Gasteiger partial charge in [-0.3, -0.25) is 4.57 Å². The van der Waals surface area contributed by atoms with E-state index in [1.807, 2.05) is 29.7 Å². The average molecular weight is 711 g/mol. The molecule has 5 aromatic carbocycles. The summed E-state index contributed by atoms with van der Waals surface area (Å²) in [4.78, 5) is 4.84. The van der Waals surface area contributed by atoms with Crippen molar-refractivity contribution in [2.75, 3.05) is 0 Å². The Morgan fingerprint density at radius 1 is 0.660 bits per heavy atom. The Kier molecular flexibility index (Phi) is 7.68. The molecule has 0 aliphatic heterocycles. The van der Waals surface area contributed by atoms with E-state index < -0.39 is 0 Å². The van der Waals surface area contributed by atoms with Gasteiger partial charge in [0.05, 0.1) is 21.4 Å². The quantitative estimate of drug-likeness (QED) is 0.178. The molecule has 5 nitrogen and oxygen atoms in total. The number of pyridine rings is 1. The van der Waals surface area contributed by atoms with E-state index in [4.69, 9.17) is 14.8 Å². The minimum absolute atomic E-state index is 0.00273. The standard InChI is InChI=1S/C47H42N4OS/c1-28-42-38-19-16-30-23-29(27-46(2,3)4)15-18-35(30)44(38)53-45(42)43(50-49-28)31-11-10-12-33(24-31)52-34-17-20-37-36-13-8-9-14-39(36)51(40(37)26-34)41-25-32(21-22-48-41)47(5,6)7/h8-26H,27H2,1-7H3. The number of rotatable bonds is 5. The Labute approximate surface area is 313 Å². The number of nitrogens with zero attached hydrogens (tertiary/aromatic N) is 4. The van der Waals surface area contributed by atoms with E-state index in [1.54, 1.807) is 0 Å². The maximum absolute atomic E-state index is 6.63. The number of thiophene rings is 1. The van der Waals surface area contributed by atoms with Gasteiger partial charge in [0.2, 0.25) is 0 Å². The lowest BCUT2D eigenvalue weighted by molar-refractivity contribution is 0.411. The zero-order valence-electron chi connectivity index (χ0n) is 31.3. The van der Waals surface area contributed by atoms with Gasteiger partial charge in [-0.05, 0) is 88.5 Å². The molecule has 4 heterocycles. The molecular formula is C47H42N4OS. The van der Waals surface area contributed by atoms with Crippen LogP contribution in [0.1, 0.15) is 58.4 Å². The molecule has 0 aliphatic rings. The number of hydrogen-bond donors (Lipinski definition) is 0. The number of fused-ring (bicyclic) bond motifs is 8. The van der Waals surface area contributed by atoms with Gasteiger partial charge in [-0.15, -0.1) is 16.4 Å². The molecule has 0 spiro atoms. The minimum Gasteiger partial charge on any atom is -0.457 e. The number of hydrogen-bond acceptors (Lipinski definition) is 5. The molecule has 262 valence electrons. The molecule has 0 saturated carbocycles. The molecule has 6 heteroatoms. The lowest BCUT2D eigenvalue weighted by Crippen LogP contribution is -2.12. The van der Waals surface area contributed by atoms with Gasteiger partial charge < -0.3 is 4.74 Å². The second-order valence-corrected chi connectivity index (χ2v) is 17.5. The van der Waals surface area contributed by atoms with Crippen molar-refractivity contribution in [3.8, 4) is 28.6 Å². The molecule has 0 saturated heterocycles. The number of aromatic nitrogens is 4. The molecule has 0 amide bonds. The summed E-state index contributed by atoms with van der Waals surface area (Å²) in [7, 11) is 0. The summed E-state index contributed by atoms with van der Waals surface area (Å²) in [6, 6.07) is 38.8. The van der Waals surface area contributed by atoms with Crippen LogP contribution in [0, 0.1) is 12.3 Å². The number of para-hydroxylation sites is 1. The van der Waals surface area contributed by atoms with Gasteiger partial charge >= 0.3 is 0 Å². The van der Waals surface area contributed by atoms with Gasteiger partial charge in [0.1, 0.15) is 23.0 Å². The maximum Gasteiger partial charge on any atom is 0.137 e. The van der Waals surface area contributed by atoms with E-state index in [9.17, 15) is 0 Å². The Hall–Kier alpha value is -5.59. The fraction of sp³-hybridized carbons (Fsp3) is 0.213. The molecule has 9 rings (SSSR count). The van der Waals surface area contributed by atoms with Gasteiger partial charge in [0.15, 0.2) is 0 Å². The predicted octanol–water partition coefficient (Wildman–Crippen LogP) is 13.1. The Morgan fingerprint density at radius 2 is 1.43 bits per heavy atom. The normalized spacial score (nSPS) is 12.5. The fourth-order valence-corrected chi connectivity index (χ4v) is 9.10. The third kappa shape index (κ3) is 5.91. The number of benzene rings is 5. The summed E-state index contributed by atoms with van der Waals surface area (Å²) < 4.78 is 11.3. The summed E-state index contributed by atoms with van der Waals surface area (Å²) >= 11 is 1.81.